The van der Waals surface area contributed by atoms with Crippen molar-refractivity contribution < 1.29 is 13.2 Å². The number of hydrogen-bond acceptors (Lipinski definition) is 2. The maximum atomic E-state index is 12.4. The topological polar surface area (TPSA) is 30.7 Å². The van der Waals surface area contributed by atoms with Gasteiger partial charge in [-0.05, 0) is 12.1 Å². The molecule has 0 spiro atoms. The highest BCUT2D eigenvalue weighted by Crippen LogP contribution is 2.22. The molecule has 0 atom stereocenters. The van der Waals surface area contributed by atoms with E-state index in [2.05, 4.69) is 9.97 Å². The minimum Gasteiger partial charge on any atom is -0.304 e. The maximum absolute atomic E-state index is 12.4. The van der Waals surface area contributed by atoms with Crippen molar-refractivity contribution >= 4 is 11.2 Å². The molecule has 86 valence electrons. The van der Waals surface area contributed by atoms with Crippen LogP contribution in [0.1, 0.15) is 12.7 Å². The van der Waals surface area contributed by atoms with Crippen LogP contribution in [0.2, 0.25) is 0 Å². The SMILES string of the molecule is CCc1nc2cccnc2n1CC(F)(F)F. The number of imidazole rings is 1. The van der Waals surface area contributed by atoms with Gasteiger partial charge in [0, 0.05) is 12.6 Å². The van der Waals surface area contributed by atoms with Crippen molar-refractivity contribution in [3.8, 4) is 0 Å². The van der Waals surface area contributed by atoms with Gasteiger partial charge in [-0.15, -0.1) is 0 Å². The van der Waals surface area contributed by atoms with E-state index in [1.807, 2.05) is 0 Å². The highest BCUT2D eigenvalue weighted by Gasteiger charge is 2.30. The van der Waals surface area contributed by atoms with Gasteiger partial charge in [0.25, 0.3) is 0 Å². The molecular weight excluding hydrogens is 219 g/mol. The summed E-state index contributed by atoms with van der Waals surface area (Å²) in [5.74, 6) is 0.408. The van der Waals surface area contributed by atoms with Crippen LogP contribution in [0.5, 0.6) is 0 Å². The summed E-state index contributed by atoms with van der Waals surface area (Å²) in [5, 5.41) is 0. The average Bonchev–Trinajstić information content (AvgIpc) is 2.55. The summed E-state index contributed by atoms with van der Waals surface area (Å²) in [5.41, 5.74) is 0.792. The monoisotopic (exact) mass is 229 g/mol. The summed E-state index contributed by atoms with van der Waals surface area (Å²) in [7, 11) is 0. The lowest BCUT2D eigenvalue weighted by Gasteiger charge is -2.10. The second-order valence-corrected chi connectivity index (χ2v) is 3.43. The molecule has 0 N–H and O–H groups in total. The number of alkyl halides is 3. The third kappa shape index (κ3) is 2.00. The summed E-state index contributed by atoms with van der Waals surface area (Å²) in [4.78, 5) is 8.05. The summed E-state index contributed by atoms with van der Waals surface area (Å²) in [6.45, 7) is 0.734. The molecule has 2 aromatic rings. The molecule has 0 fully saturated rings. The summed E-state index contributed by atoms with van der Waals surface area (Å²) >= 11 is 0. The van der Waals surface area contributed by atoms with Crippen LogP contribution in [0.15, 0.2) is 18.3 Å². The minimum atomic E-state index is -4.25. The molecule has 2 heterocycles. The first-order valence-electron chi connectivity index (χ1n) is 4.88. The largest absolute Gasteiger partial charge is 0.406 e. The van der Waals surface area contributed by atoms with Crippen LogP contribution in [0.3, 0.4) is 0 Å². The molecule has 0 aliphatic carbocycles. The molecule has 0 aromatic carbocycles. The molecule has 0 unspecified atom stereocenters. The highest BCUT2D eigenvalue weighted by molar-refractivity contribution is 5.71. The second-order valence-electron chi connectivity index (χ2n) is 3.43. The van der Waals surface area contributed by atoms with Gasteiger partial charge in [-0.1, -0.05) is 6.92 Å². The van der Waals surface area contributed by atoms with Crippen molar-refractivity contribution in [1.82, 2.24) is 14.5 Å². The van der Waals surface area contributed by atoms with E-state index in [1.165, 1.54) is 6.20 Å². The van der Waals surface area contributed by atoms with E-state index in [-0.39, 0.29) is 5.65 Å². The van der Waals surface area contributed by atoms with E-state index in [0.717, 1.165) is 4.57 Å². The van der Waals surface area contributed by atoms with Crippen LogP contribution in [0.25, 0.3) is 11.2 Å². The first-order chi connectivity index (χ1) is 7.51. The van der Waals surface area contributed by atoms with Crippen LogP contribution in [0, 0.1) is 0 Å². The molecule has 2 aromatic heterocycles. The molecule has 16 heavy (non-hydrogen) atoms. The summed E-state index contributed by atoms with van der Waals surface area (Å²) < 4.78 is 38.3. The van der Waals surface area contributed by atoms with Crippen LogP contribution >= 0.6 is 0 Å². The molecular formula is C10H10F3N3. The van der Waals surface area contributed by atoms with E-state index < -0.39 is 12.7 Å². The Kier molecular flexibility index (Phi) is 2.57. The highest BCUT2D eigenvalue weighted by atomic mass is 19.4. The van der Waals surface area contributed by atoms with E-state index in [4.69, 9.17) is 0 Å². The lowest BCUT2D eigenvalue weighted by Crippen LogP contribution is -2.19. The summed E-state index contributed by atoms with van der Waals surface area (Å²) in [6, 6.07) is 3.32. The Labute approximate surface area is 89.9 Å². The Hall–Kier alpha value is -1.59. The van der Waals surface area contributed by atoms with Gasteiger partial charge in [0.1, 0.15) is 17.9 Å². The predicted octanol–water partition coefficient (Wildman–Crippen LogP) is 2.56. The zero-order valence-corrected chi connectivity index (χ0v) is 8.62. The van der Waals surface area contributed by atoms with Crippen LogP contribution in [0.4, 0.5) is 13.2 Å². The molecule has 0 saturated carbocycles. The van der Waals surface area contributed by atoms with E-state index >= 15 is 0 Å². The number of pyridine rings is 1. The van der Waals surface area contributed by atoms with Crippen LogP contribution < -0.4 is 0 Å². The van der Waals surface area contributed by atoms with Gasteiger partial charge in [-0.25, -0.2) is 9.97 Å². The molecule has 0 saturated heterocycles. The third-order valence-electron chi connectivity index (χ3n) is 2.24. The first-order valence-corrected chi connectivity index (χ1v) is 4.88. The zero-order valence-electron chi connectivity index (χ0n) is 8.62. The Balaban J connectivity index is 2.56. The third-order valence-corrected chi connectivity index (χ3v) is 2.24. The van der Waals surface area contributed by atoms with Crippen molar-refractivity contribution in [1.29, 1.82) is 0 Å². The van der Waals surface area contributed by atoms with Gasteiger partial charge in [0.15, 0.2) is 5.65 Å². The van der Waals surface area contributed by atoms with Crippen LogP contribution in [-0.2, 0) is 13.0 Å². The van der Waals surface area contributed by atoms with E-state index in [9.17, 15) is 13.2 Å². The number of hydrogen-bond donors (Lipinski definition) is 0. The number of nitrogens with zero attached hydrogens (tertiary/aromatic N) is 3. The normalized spacial score (nSPS) is 12.2. The quantitative estimate of drug-likeness (QED) is 0.792. The second kappa shape index (κ2) is 3.77. The Morgan fingerprint density at radius 3 is 2.75 bits per heavy atom. The smallest absolute Gasteiger partial charge is 0.304 e. The number of halogens is 3. The van der Waals surface area contributed by atoms with Gasteiger partial charge in [0.05, 0.1) is 0 Å². The van der Waals surface area contributed by atoms with E-state index in [1.54, 1.807) is 19.1 Å². The van der Waals surface area contributed by atoms with Gasteiger partial charge in [-0.2, -0.15) is 13.2 Å². The Morgan fingerprint density at radius 1 is 1.38 bits per heavy atom. The van der Waals surface area contributed by atoms with E-state index in [0.29, 0.717) is 17.8 Å². The number of aryl methyl sites for hydroxylation is 1. The fraction of sp³-hybridized carbons (Fsp3) is 0.400. The fourth-order valence-corrected chi connectivity index (χ4v) is 1.62. The van der Waals surface area contributed by atoms with Crippen molar-refractivity contribution in [3.63, 3.8) is 0 Å². The predicted molar refractivity (Wildman–Crippen MR) is 53.0 cm³/mol. The van der Waals surface area contributed by atoms with Gasteiger partial charge < -0.3 is 4.57 Å². The standard InChI is InChI=1S/C10H10F3N3/c1-2-8-15-7-4-3-5-14-9(7)16(8)6-10(11,12)13/h3-5H,2,6H2,1H3. The van der Waals surface area contributed by atoms with Gasteiger partial charge in [0.2, 0.25) is 0 Å². The number of aromatic nitrogens is 3. The Bertz CT molecular complexity index is 501. The van der Waals surface area contributed by atoms with Crippen LogP contribution in [-0.4, -0.2) is 20.7 Å². The molecule has 0 aliphatic rings. The minimum absolute atomic E-state index is 0.289. The summed E-state index contributed by atoms with van der Waals surface area (Å²) in [6.07, 6.45) is -2.34. The van der Waals surface area contributed by atoms with Crippen molar-refractivity contribution in [2.45, 2.75) is 26.1 Å². The molecule has 0 aliphatic heterocycles. The molecule has 3 nitrogen and oxygen atoms in total. The van der Waals surface area contributed by atoms with Crippen molar-refractivity contribution in [2.75, 3.05) is 0 Å². The lowest BCUT2D eigenvalue weighted by atomic mass is 10.4. The van der Waals surface area contributed by atoms with Crippen molar-refractivity contribution in [2.24, 2.45) is 0 Å². The average molecular weight is 229 g/mol. The zero-order chi connectivity index (χ0) is 11.8. The molecule has 2 rings (SSSR count). The molecule has 0 radical (unpaired) electrons. The lowest BCUT2D eigenvalue weighted by molar-refractivity contribution is -0.140. The Morgan fingerprint density at radius 2 is 2.12 bits per heavy atom. The number of rotatable bonds is 2. The van der Waals surface area contributed by atoms with Gasteiger partial charge >= 0.3 is 6.18 Å². The first kappa shape index (κ1) is 10.9. The van der Waals surface area contributed by atoms with Gasteiger partial charge in [-0.3, -0.25) is 0 Å². The van der Waals surface area contributed by atoms with Crippen molar-refractivity contribution in [3.05, 3.63) is 24.2 Å². The maximum Gasteiger partial charge on any atom is 0.406 e. The molecule has 0 amide bonds. The molecule has 6 heteroatoms. The number of fused-ring (bicyclic) bond motifs is 1. The fourth-order valence-electron chi connectivity index (χ4n) is 1.62. The molecule has 0 bridgehead atoms.